The van der Waals surface area contributed by atoms with Crippen LogP contribution in [0.2, 0.25) is 0 Å². The third-order valence-corrected chi connectivity index (χ3v) is 4.76. The van der Waals surface area contributed by atoms with E-state index in [1.807, 2.05) is 30.3 Å². The van der Waals surface area contributed by atoms with Crippen LogP contribution >= 0.6 is 0 Å². The molecular formula is C18H25N3O3. The second-order valence-electron chi connectivity index (χ2n) is 6.58. The van der Waals surface area contributed by atoms with Crippen molar-refractivity contribution < 1.29 is 9.63 Å². The zero-order valence-corrected chi connectivity index (χ0v) is 14.1. The van der Waals surface area contributed by atoms with E-state index in [0.717, 1.165) is 18.7 Å². The Morgan fingerprint density at radius 3 is 2.88 bits per heavy atom. The van der Waals surface area contributed by atoms with Crippen molar-refractivity contribution in [3.63, 3.8) is 0 Å². The van der Waals surface area contributed by atoms with Gasteiger partial charge >= 0.3 is 5.76 Å². The molecule has 0 amide bonds. The first-order valence-corrected chi connectivity index (χ1v) is 8.69. The monoisotopic (exact) mass is 331 g/mol. The van der Waals surface area contributed by atoms with Gasteiger partial charge in [-0.05, 0) is 25.3 Å². The molecule has 3 rings (SSSR count). The zero-order chi connectivity index (χ0) is 16.9. The molecular weight excluding hydrogens is 306 g/mol. The van der Waals surface area contributed by atoms with Gasteiger partial charge in [0.05, 0.1) is 12.6 Å². The van der Waals surface area contributed by atoms with Gasteiger partial charge in [0.2, 0.25) is 0 Å². The van der Waals surface area contributed by atoms with Crippen molar-refractivity contribution >= 4 is 0 Å². The maximum absolute atomic E-state index is 11.9. The Labute approximate surface area is 141 Å². The van der Waals surface area contributed by atoms with Crippen molar-refractivity contribution in [3.05, 3.63) is 40.9 Å². The first-order valence-electron chi connectivity index (χ1n) is 8.69. The van der Waals surface area contributed by atoms with E-state index in [-0.39, 0.29) is 6.54 Å². The number of rotatable bonds is 6. The fourth-order valence-corrected chi connectivity index (χ4v) is 3.44. The molecule has 0 bridgehead atoms. The second kappa shape index (κ2) is 7.77. The molecule has 24 heavy (non-hydrogen) atoms. The van der Waals surface area contributed by atoms with Crippen LogP contribution in [-0.4, -0.2) is 45.5 Å². The Morgan fingerprint density at radius 2 is 2.12 bits per heavy atom. The van der Waals surface area contributed by atoms with E-state index >= 15 is 0 Å². The predicted octanol–water partition coefficient (Wildman–Crippen LogP) is 1.99. The van der Waals surface area contributed by atoms with Gasteiger partial charge in [-0.1, -0.05) is 48.8 Å². The largest absolute Gasteiger partial charge is 0.441 e. The summed E-state index contributed by atoms with van der Waals surface area (Å²) in [7, 11) is 0. The lowest BCUT2D eigenvalue weighted by molar-refractivity contribution is 0.0723. The Morgan fingerprint density at radius 1 is 1.33 bits per heavy atom. The minimum Gasteiger partial charge on any atom is -0.390 e. The minimum atomic E-state index is -0.625. The molecule has 1 aromatic carbocycles. The fraction of sp³-hybridized carbons (Fsp3) is 0.556. The van der Waals surface area contributed by atoms with E-state index in [0.29, 0.717) is 18.3 Å². The lowest BCUT2D eigenvalue weighted by atomic mass is 9.95. The summed E-state index contributed by atoms with van der Waals surface area (Å²) >= 11 is 0. The van der Waals surface area contributed by atoms with E-state index in [9.17, 15) is 9.90 Å². The number of piperidine rings is 1. The topological polar surface area (TPSA) is 71.5 Å². The molecule has 0 radical (unpaired) electrons. The molecule has 1 aliphatic heterocycles. The molecule has 1 fully saturated rings. The molecule has 0 aliphatic carbocycles. The molecule has 1 saturated heterocycles. The normalized spacial score (nSPS) is 20.2. The molecule has 2 unspecified atom stereocenters. The Kier molecular flexibility index (Phi) is 5.48. The number of hydrogen-bond donors (Lipinski definition) is 1. The lowest BCUT2D eigenvalue weighted by Crippen LogP contribution is -2.41. The van der Waals surface area contributed by atoms with E-state index in [1.54, 1.807) is 0 Å². The molecule has 6 nitrogen and oxygen atoms in total. The smallest absolute Gasteiger partial charge is 0.390 e. The van der Waals surface area contributed by atoms with Crippen molar-refractivity contribution in [3.8, 4) is 11.4 Å². The van der Waals surface area contributed by atoms with Gasteiger partial charge in [-0.3, -0.25) is 9.09 Å². The summed E-state index contributed by atoms with van der Waals surface area (Å²) in [6.07, 6.45) is 3.00. The first-order chi connectivity index (χ1) is 11.7. The molecule has 2 heterocycles. The van der Waals surface area contributed by atoms with Crippen molar-refractivity contribution in [2.24, 2.45) is 5.92 Å². The van der Waals surface area contributed by atoms with Crippen LogP contribution in [-0.2, 0) is 6.54 Å². The second-order valence-corrected chi connectivity index (χ2v) is 6.58. The number of aliphatic hydroxyl groups excluding tert-OH is 1. The summed E-state index contributed by atoms with van der Waals surface area (Å²) in [5.74, 6) is 0.645. The zero-order valence-electron chi connectivity index (χ0n) is 14.1. The van der Waals surface area contributed by atoms with Gasteiger partial charge < -0.3 is 10.0 Å². The third-order valence-electron chi connectivity index (χ3n) is 4.76. The molecule has 1 N–H and O–H groups in total. The molecule has 2 atom stereocenters. The molecule has 0 saturated carbocycles. The molecule has 1 aliphatic rings. The van der Waals surface area contributed by atoms with Crippen molar-refractivity contribution in [2.45, 2.75) is 38.8 Å². The summed E-state index contributed by atoms with van der Waals surface area (Å²) in [4.78, 5) is 14.2. The van der Waals surface area contributed by atoms with E-state index in [1.165, 1.54) is 23.8 Å². The SMILES string of the molecule is CCC1CCCN(CC(O)Cn2c(-c3ccccc3)noc2=O)C1. The van der Waals surface area contributed by atoms with Crippen LogP contribution in [0.1, 0.15) is 26.2 Å². The van der Waals surface area contributed by atoms with Gasteiger partial charge in [0.1, 0.15) is 0 Å². The van der Waals surface area contributed by atoms with Crippen molar-refractivity contribution in [1.82, 2.24) is 14.6 Å². The molecule has 6 heteroatoms. The van der Waals surface area contributed by atoms with Gasteiger partial charge in [0.25, 0.3) is 0 Å². The van der Waals surface area contributed by atoms with Crippen LogP contribution in [0.3, 0.4) is 0 Å². The average Bonchev–Trinajstić information content (AvgIpc) is 2.96. The summed E-state index contributed by atoms with van der Waals surface area (Å²) in [5, 5.41) is 14.3. The number of aromatic nitrogens is 2. The van der Waals surface area contributed by atoms with Crippen LogP contribution in [0, 0.1) is 5.92 Å². The van der Waals surface area contributed by atoms with Crippen LogP contribution in [0.4, 0.5) is 0 Å². The highest BCUT2D eigenvalue weighted by Gasteiger charge is 2.22. The standard InChI is InChI=1S/C18H25N3O3/c1-2-14-7-6-10-20(11-14)12-16(22)13-21-17(19-24-18(21)23)15-8-4-3-5-9-15/h3-5,8-9,14,16,22H,2,6-7,10-13H2,1H3. The molecule has 0 spiro atoms. The van der Waals surface area contributed by atoms with Gasteiger partial charge in [0, 0.05) is 18.7 Å². The summed E-state index contributed by atoms with van der Waals surface area (Å²) < 4.78 is 6.23. The highest BCUT2D eigenvalue weighted by atomic mass is 16.5. The first kappa shape index (κ1) is 16.9. The maximum atomic E-state index is 11.9. The molecule has 130 valence electrons. The van der Waals surface area contributed by atoms with E-state index in [2.05, 4.69) is 17.0 Å². The quantitative estimate of drug-likeness (QED) is 0.876. The lowest BCUT2D eigenvalue weighted by Gasteiger charge is -2.33. The number of β-amino-alcohol motifs (C(OH)–C–C–N with tert-alkyl or cyclic N) is 1. The van der Waals surface area contributed by atoms with Gasteiger partial charge in [0.15, 0.2) is 5.82 Å². The molecule has 1 aromatic heterocycles. The maximum Gasteiger partial charge on any atom is 0.441 e. The number of benzene rings is 1. The summed E-state index contributed by atoms with van der Waals surface area (Å²) in [6, 6.07) is 9.41. The van der Waals surface area contributed by atoms with E-state index < -0.39 is 11.9 Å². The van der Waals surface area contributed by atoms with Crippen molar-refractivity contribution in [1.29, 1.82) is 0 Å². The van der Waals surface area contributed by atoms with Gasteiger partial charge in [-0.25, -0.2) is 4.79 Å². The van der Waals surface area contributed by atoms with Gasteiger partial charge in [-0.2, -0.15) is 0 Å². The van der Waals surface area contributed by atoms with Crippen molar-refractivity contribution in [2.75, 3.05) is 19.6 Å². The average molecular weight is 331 g/mol. The fourth-order valence-electron chi connectivity index (χ4n) is 3.44. The number of hydrogen-bond acceptors (Lipinski definition) is 5. The Bertz CT molecular complexity index is 695. The Balaban J connectivity index is 1.68. The van der Waals surface area contributed by atoms with Crippen LogP contribution in [0.15, 0.2) is 39.6 Å². The Hall–Kier alpha value is -1.92. The number of likely N-dealkylation sites (tertiary alicyclic amines) is 1. The van der Waals surface area contributed by atoms with Crippen LogP contribution in [0.25, 0.3) is 11.4 Å². The van der Waals surface area contributed by atoms with E-state index in [4.69, 9.17) is 4.52 Å². The van der Waals surface area contributed by atoms with Gasteiger partial charge in [-0.15, -0.1) is 0 Å². The van der Waals surface area contributed by atoms with Crippen LogP contribution < -0.4 is 5.76 Å². The summed E-state index contributed by atoms with van der Waals surface area (Å²) in [5.41, 5.74) is 0.805. The minimum absolute atomic E-state index is 0.194. The molecule has 2 aromatic rings. The highest BCUT2D eigenvalue weighted by molar-refractivity contribution is 5.54. The summed E-state index contributed by atoms with van der Waals surface area (Å²) in [6.45, 7) is 5.02. The predicted molar refractivity (Wildman–Crippen MR) is 91.7 cm³/mol. The highest BCUT2D eigenvalue weighted by Crippen LogP contribution is 2.20. The number of aliphatic hydroxyl groups is 1. The third kappa shape index (κ3) is 3.94. The number of nitrogens with zero attached hydrogens (tertiary/aromatic N) is 3. The van der Waals surface area contributed by atoms with Crippen LogP contribution in [0.5, 0.6) is 0 Å².